The minimum absolute atomic E-state index is 0.0206. The van der Waals surface area contributed by atoms with E-state index in [1.54, 1.807) is 29.9 Å². The zero-order valence-electron chi connectivity index (χ0n) is 41.9. The summed E-state index contributed by atoms with van der Waals surface area (Å²) in [6.07, 6.45) is 4.91. The summed E-state index contributed by atoms with van der Waals surface area (Å²) in [6.45, 7) is 12.8. The molecule has 0 bridgehead atoms. The molecule has 0 saturated carbocycles. The molecule has 3 atom stereocenters. The van der Waals surface area contributed by atoms with E-state index < -0.39 is 29.5 Å². The Bertz CT molecular complexity index is 2900. The van der Waals surface area contributed by atoms with Crippen LogP contribution in [0, 0.1) is 19.3 Å². The minimum atomic E-state index is -0.957. The molecule has 6 aromatic rings. The van der Waals surface area contributed by atoms with Gasteiger partial charge in [0.2, 0.25) is 29.6 Å². The van der Waals surface area contributed by atoms with Crippen LogP contribution >= 0.6 is 11.3 Å². The van der Waals surface area contributed by atoms with Crippen molar-refractivity contribution in [2.75, 3.05) is 43.4 Å². The van der Waals surface area contributed by atoms with Gasteiger partial charge in [0.25, 0.3) is 5.91 Å². The first kappa shape index (κ1) is 51.9. The van der Waals surface area contributed by atoms with Crippen LogP contribution in [0.4, 0.5) is 17.3 Å². The summed E-state index contributed by atoms with van der Waals surface area (Å²) in [7, 11) is 0. The van der Waals surface area contributed by atoms with Gasteiger partial charge in [0.05, 0.1) is 27.9 Å². The molecule has 3 aromatic heterocycles. The van der Waals surface area contributed by atoms with E-state index in [1.165, 1.54) is 4.90 Å². The van der Waals surface area contributed by atoms with Gasteiger partial charge in [0.15, 0.2) is 0 Å². The summed E-state index contributed by atoms with van der Waals surface area (Å²) in [4.78, 5) is 91.6. The van der Waals surface area contributed by atoms with E-state index in [-0.39, 0.29) is 56.0 Å². The average molecular weight is 1010 g/mol. The summed E-state index contributed by atoms with van der Waals surface area (Å²) in [5.41, 5.74) is 9.53. The van der Waals surface area contributed by atoms with Gasteiger partial charge in [0, 0.05) is 106 Å². The molecule has 0 radical (unpaired) electrons. The number of aromatic nitrogens is 4. The molecule has 2 fully saturated rings. The molecule has 5 N–H and O–H groups in total. The number of pyridine rings is 1. The SMILES string of the molecule is Cc1ccc(NC(=O)c2ccc(CN3CCN(C(=O)CCCC(=O)NC(C(=O)N4C[C@H](O)C[C@H]4C(=O)NCc4ccc(-c5scnc5C)cc4)C(C)(C)C)CC3)cc2)cc1Nc1nccc(-c2cccnc2)n1. The summed E-state index contributed by atoms with van der Waals surface area (Å²) in [5, 5.41) is 22.7. The molecule has 380 valence electrons. The van der Waals surface area contributed by atoms with Crippen molar-refractivity contribution in [3.8, 4) is 21.7 Å². The number of carbonyl (C=O) groups excluding carboxylic acids is 5. The third kappa shape index (κ3) is 13.6. The highest BCUT2D eigenvalue weighted by Crippen LogP contribution is 2.30. The van der Waals surface area contributed by atoms with Crippen LogP contribution in [-0.4, -0.2) is 120 Å². The van der Waals surface area contributed by atoms with Crippen LogP contribution in [0.1, 0.15) is 79.2 Å². The number of β-amino-alcohol motifs (C(OH)–C–C–N with tert-alkyl or cyclic N) is 1. The number of aliphatic hydroxyl groups is 1. The molecule has 8 rings (SSSR count). The molecule has 5 heterocycles. The number of carbonyl (C=O) groups is 5. The van der Waals surface area contributed by atoms with E-state index in [0.29, 0.717) is 56.3 Å². The normalized spacial score (nSPS) is 16.4. The smallest absolute Gasteiger partial charge is 0.255 e. The maximum absolute atomic E-state index is 14.1. The van der Waals surface area contributed by atoms with Gasteiger partial charge >= 0.3 is 0 Å². The number of amides is 5. The molecule has 0 spiro atoms. The summed E-state index contributed by atoms with van der Waals surface area (Å²) < 4.78 is 0. The summed E-state index contributed by atoms with van der Waals surface area (Å²) in [6, 6.07) is 24.8. The molecule has 17 nitrogen and oxygen atoms in total. The fraction of sp³-hybridized carbons (Fsp3) is 0.364. The Kier molecular flexibility index (Phi) is 16.7. The van der Waals surface area contributed by atoms with Crippen LogP contribution in [0.25, 0.3) is 21.7 Å². The molecule has 1 unspecified atom stereocenters. The van der Waals surface area contributed by atoms with E-state index in [4.69, 9.17) is 0 Å². The number of piperazine rings is 1. The highest BCUT2D eigenvalue weighted by molar-refractivity contribution is 7.13. The van der Waals surface area contributed by atoms with Gasteiger partial charge in [0.1, 0.15) is 12.1 Å². The van der Waals surface area contributed by atoms with Crippen LogP contribution < -0.4 is 21.3 Å². The Labute approximate surface area is 429 Å². The van der Waals surface area contributed by atoms with Gasteiger partial charge in [-0.15, -0.1) is 11.3 Å². The second-order valence-corrected chi connectivity index (χ2v) is 20.6. The maximum Gasteiger partial charge on any atom is 0.255 e. The van der Waals surface area contributed by atoms with E-state index in [2.05, 4.69) is 46.1 Å². The first-order valence-corrected chi connectivity index (χ1v) is 25.5. The largest absolute Gasteiger partial charge is 0.391 e. The van der Waals surface area contributed by atoms with Gasteiger partial charge < -0.3 is 36.2 Å². The Morgan fingerprint density at radius 3 is 2.30 bits per heavy atom. The van der Waals surface area contributed by atoms with Crippen LogP contribution in [0.15, 0.2) is 109 Å². The molecule has 2 saturated heterocycles. The third-order valence-electron chi connectivity index (χ3n) is 13.2. The van der Waals surface area contributed by atoms with Gasteiger partial charge in [-0.3, -0.25) is 33.9 Å². The van der Waals surface area contributed by atoms with Crippen molar-refractivity contribution in [3.63, 3.8) is 0 Å². The average Bonchev–Trinajstić information content (AvgIpc) is 4.01. The number of nitrogens with one attached hydrogen (secondary N) is 4. The fourth-order valence-electron chi connectivity index (χ4n) is 9.00. The topological polar surface area (TPSA) is 215 Å². The van der Waals surface area contributed by atoms with E-state index >= 15 is 0 Å². The van der Waals surface area contributed by atoms with Crippen LogP contribution in [0.3, 0.4) is 0 Å². The van der Waals surface area contributed by atoms with Gasteiger partial charge in [-0.2, -0.15) is 0 Å². The Morgan fingerprint density at radius 1 is 0.849 bits per heavy atom. The molecule has 18 heteroatoms. The number of rotatable bonds is 17. The highest BCUT2D eigenvalue weighted by atomic mass is 32.1. The predicted molar refractivity (Wildman–Crippen MR) is 281 cm³/mol. The molecule has 73 heavy (non-hydrogen) atoms. The molecular weight excluding hydrogens is 943 g/mol. The lowest BCUT2D eigenvalue weighted by Crippen LogP contribution is -2.57. The number of aryl methyl sites for hydroxylation is 2. The number of thiazole rings is 1. The Balaban J connectivity index is 0.752. The minimum Gasteiger partial charge on any atom is -0.391 e. The van der Waals surface area contributed by atoms with E-state index in [0.717, 1.165) is 49.8 Å². The fourth-order valence-corrected chi connectivity index (χ4v) is 9.81. The second-order valence-electron chi connectivity index (χ2n) is 19.8. The molecule has 3 aromatic carbocycles. The molecule has 0 aliphatic carbocycles. The lowest BCUT2D eigenvalue weighted by Gasteiger charge is -2.35. The van der Waals surface area contributed by atoms with Crippen molar-refractivity contribution in [2.45, 2.75) is 91.6 Å². The van der Waals surface area contributed by atoms with Crippen molar-refractivity contribution in [3.05, 3.63) is 137 Å². The van der Waals surface area contributed by atoms with Crippen LogP contribution in [0.2, 0.25) is 0 Å². The summed E-state index contributed by atoms with van der Waals surface area (Å²) >= 11 is 1.57. The van der Waals surface area contributed by atoms with Gasteiger partial charge in [-0.05, 0) is 90.4 Å². The van der Waals surface area contributed by atoms with Crippen LogP contribution in [-0.2, 0) is 32.3 Å². The van der Waals surface area contributed by atoms with Crippen molar-refractivity contribution in [1.29, 1.82) is 0 Å². The number of nitrogens with zero attached hydrogens (tertiary/aromatic N) is 7. The number of anilines is 3. The summed E-state index contributed by atoms with van der Waals surface area (Å²) in [5.74, 6) is -1.01. The van der Waals surface area contributed by atoms with Crippen molar-refractivity contribution < 1.29 is 29.1 Å². The molecule has 5 amide bonds. The number of hydrogen-bond donors (Lipinski definition) is 5. The van der Waals surface area contributed by atoms with Gasteiger partial charge in [-0.1, -0.05) is 63.2 Å². The number of hydrogen-bond acceptors (Lipinski definition) is 13. The first-order valence-electron chi connectivity index (χ1n) is 24.6. The third-order valence-corrected chi connectivity index (χ3v) is 14.2. The van der Waals surface area contributed by atoms with Crippen molar-refractivity contribution in [2.24, 2.45) is 5.41 Å². The lowest BCUT2D eigenvalue weighted by molar-refractivity contribution is -0.144. The standard InChI is InChI=1S/C55H63N11O6S/c1-35-11-20-42(28-45(35)62-54-57-23-21-44(61-54)41-8-7-22-56-31-41)60-51(70)40-18-14-38(15-19-40)32-64-24-26-65(27-25-64)48(69)10-6-9-47(68)63-50(55(3,4)5)53(72)66-33-43(67)29-46(66)52(71)58-30-37-12-16-39(17-13-37)49-36(2)59-34-73-49/h7-8,11-23,28,31,34,43,46,50,67H,6,9-10,24-27,29-30,32-33H2,1-5H3,(H,58,71)(H,60,70)(H,63,68)(H,57,61,62)/t43-,46+,50?/m1/s1. The predicted octanol–water partition coefficient (Wildman–Crippen LogP) is 6.90. The number of likely N-dealkylation sites (tertiary alicyclic amines) is 1. The molecule has 2 aliphatic heterocycles. The van der Waals surface area contributed by atoms with Crippen molar-refractivity contribution in [1.82, 2.24) is 45.3 Å². The second kappa shape index (κ2) is 23.4. The lowest BCUT2D eigenvalue weighted by atomic mass is 9.85. The zero-order valence-corrected chi connectivity index (χ0v) is 42.7. The van der Waals surface area contributed by atoms with Crippen LogP contribution in [0.5, 0.6) is 0 Å². The van der Waals surface area contributed by atoms with E-state index in [9.17, 15) is 29.1 Å². The Morgan fingerprint density at radius 2 is 1.60 bits per heavy atom. The Hall–Kier alpha value is -7.41. The number of aliphatic hydroxyl groups excluding tert-OH is 1. The zero-order chi connectivity index (χ0) is 51.6. The maximum atomic E-state index is 14.1. The monoisotopic (exact) mass is 1010 g/mol. The molecular formula is C55H63N11O6S. The quantitative estimate of drug-likeness (QED) is 0.0631. The van der Waals surface area contributed by atoms with Gasteiger partial charge in [-0.25, -0.2) is 15.0 Å². The number of benzene rings is 3. The first-order chi connectivity index (χ1) is 35.1. The van der Waals surface area contributed by atoms with Crippen molar-refractivity contribution >= 4 is 58.2 Å². The van der Waals surface area contributed by atoms with E-state index in [1.807, 2.05) is 130 Å². The molecule has 2 aliphatic rings. The highest BCUT2D eigenvalue weighted by Gasteiger charge is 2.44.